The number of esters is 1. The van der Waals surface area contributed by atoms with E-state index < -0.39 is 24.1 Å². The summed E-state index contributed by atoms with van der Waals surface area (Å²) in [5, 5.41) is 3.57. The second-order valence-electron chi connectivity index (χ2n) is 5.26. The summed E-state index contributed by atoms with van der Waals surface area (Å²) in [7, 11) is 0. The van der Waals surface area contributed by atoms with Gasteiger partial charge in [0.1, 0.15) is 5.75 Å². The third-order valence-electron chi connectivity index (χ3n) is 3.25. The largest absolute Gasteiger partial charge is 0.479 e. The molecule has 0 heterocycles. The number of carbonyl (C=O) groups is 2. The Labute approximate surface area is 155 Å². The van der Waals surface area contributed by atoms with Gasteiger partial charge in [0.15, 0.2) is 12.2 Å². The van der Waals surface area contributed by atoms with Gasteiger partial charge in [-0.25, -0.2) is 4.79 Å². The standard InChI is InChI=1S/C18H17Cl2NO4/c1-11(17(22)21-16-6-4-3-5-15(16)20)25-18(23)12(2)24-14-9-7-13(19)8-10-14/h3-12H,1-2H3,(H,21,22)/t11-,12+/m0/s1. The Balaban J connectivity index is 1.89. The van der Waals surface area contributed by atoms with Crippen molar-refractivity contribution in [2.24, 2.45) is 0 Å². The van der Waals surface area contributed by atoms with Gasteiger partial charge in [-0.05, 0) is 50.2 Å². The van der Waals surface area contributed by atoms with Crippen LogP contribution in [0.2, 0.25) is 10.0 Å². The molecule has 0 aliphatic rings. The molecule has 25 heavy (non-hydrogen) atoms. The Hall–Kier alpha value is -2.24. The van der Waals surface area contributed by atoms with Crippen LogP contribution in [0.5, 0.6) is 5.75 Å². The van der Waals surface area contributed by atoms with Crippen LogP contribution < -0.4 is 10.1 Å². The van der Waals surface area contributed by atoms with E-state index in [1.54, 1.807) is 48.5 Å². The molecule has 0 bridgehead atoms. The Bertz CT molecular complexity index is 749. The van der Waals surface area contributed by atoms with E-state index in [-0.39, 0.29) is 0 Å². The molecule has 0 saturated heterocycles. The van der Waals surface area contributed by atoms with Gasteiger partial charge >= 0.3 is 5.97 Å². The van der Waals surface area contributed by atoms with Gasteiger partial charge in [-0.3, -0.25) is 4.79 Å². The topological polar surface area (TPSA) is 64.6 Å². The molecule has 0 unspecified atom stereocenters. The number of carbonyl (C=O) groups excluding carboxylic acids is 2. The number of rotatable bonds is 6. The van der Waals surface area contributed by atoms with Gasteiger partial charge < -0.3 is 14.8 Å². The van der Waals surface area contributed by atoms with Gasteiger partial charge in [0, 0.05) is 5.02 Å². The van der Waals surface area contributed by atoms with E-state index in [0.717, 1.165) is 0 Å². The first-order valence-electron chi connectivity index (χ1n) is 7.55. The van der Waals surface area contributed by atoms with Crippen LogP contribution in [0.15, 0.2) is 48.5 Å². The fourth-order valence-corrected chi connectivity index (χ4v) is 2.19. The number of halogens is 2. The first kappa shape index (κ1) is 19.1. The molecule has 0 radical (unpaired) electrons. The third-order valence-corrected chi connectivity index (χ3v) is 3.83. The quantitative estimate of drug-likeness (QED) is 0.756. The van der Waals surface area contributed by atoms with Crippen molar-refractivity contribution in [2.75, 3.05) is 5.32 Å². The highest BCUT2D eigenvalue weighted by atomic mass is 35.5. The maximum absolute atomic E-state index is 12.1. The minimum Gasteiger partial charge on any atom is -0.479 e. The van der Waals surface area contributed by atoms with Crippen LogP contribution in [0.4, 0.5) is 5.69 Å². The van der Waals surface area contributed by atoms with Crippen LogP contribution in [0.25, 0.3) is 0 Å². The van der Waals surface area contributed by atoms with Crippen LogP contribution in [0.1, 0.15) is 13.8 Å². The van der Waals surface area contributed by atoms with E-state index in [1.165, 1.54) is 13.8 Å². The molecule has 1 N–H and O–H groups in total. The van der Waals surface area contributed by atoms with E-state index in [9.17, 15) is 9.59 Å². The number of hydrogen-bond acceptors (Lipinski definition) is 4. The van der Waals surface area contributed by atoms with Crippen LogP contribution in [-0.2, 0) is 14.3 Å². The van der Waals surface area contributed by atoms with Crippen molar-refractivity contribution in [3.05, 3.63) is 58.6 Å². The van der Waals surface area contributed by atoms with Crippen LogP contribution in [0.3, 0.4) is 0 Å². The molecule has 0 saturated carbocycles. The summed E-state index contributed by atoms with van der Waals surface area (Å²) in [5.41, 5.74) is 0.447. The molecule has 1 amide bonds. The molecule has 0 aliphatic heterocycles. The molecule has 132 valence electrons. The van der Waals surface area contributed by atoms with Crippen molar-refractivity contribution in [3.8, 4) is 5.75 Å². The van der Waals surface area contributed by atoms with Crippen molar-refractivity contribution < 1.29 is 19.1 Å². The Kier molecular flexibility index (Phi) is 6.67. The van der Waals surface area contributed by atoms with E-state index in [0.29, 0.717) is 21.5 Å². The minimum atomic E-state index is -1.000. The maximum atomic E-state index is 12.1. The van der Waals surface area contributed by atoms with Crippen molar-refractivity contribution in [1.29, 1.82) is 0 Å². The molecule has 7 heteroatoms. The van der Waals surface area contributed by atoms with Gasteiger partial charge in [-0.15, -0.1) is 0 Å². The second kappa shape index (κ2) is 8.74. The summed E-state index contributed by atoms with van der Waals surface area (Å²) >= 11 is 11.8. The zero-order valence-corrected chi connectivity index (χ0v) is 15.2. The first-order chi connectivity index (χ1) is 11.9. The number of amides is 1. The smallest absolute Gasteiger partial charge is 0.347 e. The maximum Gasteiger partial charge on any atom is 0.347 e. The zero-order chi connectivity index (χ0) is 18.4. The van der Waals surface area contributed by atoms with E-state index in [1.807, 2.05) is 0 Å². The number of benzene rings is 2. The lowest BCUT2D eigenvalue weighted by Crippen LogP contribution is -2.35. The van der Waals surface area contributed by atoms with Crippen LogP contribution in [-0.4, -0.2) is 24.1 Å². The summed E-state index contributed by atoms with van der Waals surface area (Å²) in [4.78, 5) is 24.2. The Morgan fingerprint density at radius 1 is 0.960 bits per heavy atom. The van der Waals surface area contributed by atoms with Crippen molar-refractivity contribution >= 4 is 40.8 Å². The average molecular weight is 382 g/mol. The highest BCUT2D eigenvalue weighted by Gasteiger charge is 2.23. The van der Waals surface area contributed by atoms with Gasteiger partial charge in [-0.2, -0.15) is 0 Å². The molecule has 0 aromatic heterocycles. The molecule has 2 aromatic rings. The number of para-hydroxylation sites is 1. The molecule has 5 nitrogen and oxygen atoms in total. The minimum absolute atomic E-state index is 0.397. The lowest BCUT2D eigenvalue weighted by Gasteiger charge is -2.18. The highest BCUT2D eigenvalue weighted by Crippen LogP contribution is 2.21. The summed E-state index contributed by atoms with van der Waals surface area (Å²) in [6.07, 6.45) is -1.88. The zero-order valence-electron chi connectivity index (χ0n) is 13.7. The van der Waals surface area contributed by atoms with Crippen molar-refractivity contribution in [2.45, 2.75) is 26.1 Å². The first-order valence-corrected chi connectivity index (χ1v) is 8.30. The highest BCUT2D eigenvalue weighted by molar-refractivity contribution is 6.33. The number of hydrogen-bond donors (Lipinski definition) is 1. The predicted molar refractivity (Wildman–Crippen MR) is 97.2 cm³/mol. The van der Waals surface area contributed by atoms with E-state index in [4.69, 9.17) is 32.7 Å². The Morgan fingerprint density at radius 2 is 1.60 bits per heavy atom. The number of anilines is 1. The van der Waals surface area contributed by atoms with Gasteiger partial charge in [0.25, 0.3) is 5.91 Å². The van der Waals surface area contributed by atoms with Crippen molar-refractivity contribution in [1.82, 2.24) is 0 Å². The van der Waals surface area contributed by atoms with Gasteiger partial charge in [-0.1, -0.05) is 35.3 Å². The molecule has 2 atom stereocenters. The number of nitrogens with one attached hydrogen (secondary N) is 1. The van der Waals surface area contributed by atoms with Crippen molar-refractivity contribution in [3.63, 3.8) is 0 Å². The lowest BCUT2D eigenvalue weighted by atomic mass is 10.3. The lowest BCUT2D eigenvalue weighted by molar-refractivity contribution is -0.159. The monoisotopic (exact) mass is 381 g/mol. The normalized spacial score (nSPS) is 12.8. The Morgan fingerprint density at radius 3 is 2.24 bits per heavy atom. The van der Waals surface area contributed by atoms with Crippen LogP contribution in [0, 0.1) is 0 Å². The molecular weight excluding hydrogens is 365 g/mol. The average Bonchev–Trinajstić information content (AvgIpc) is 2.58. The second-order valence-corrected chi connectivity index (χ2v) is 6.11. The molecule has 0 spiro atoms. The SMILES string of the molecule is C[C@H](OC(=O)[C@@H](C)Oc1ccc(Cl)cc1)C(=O)Nc1ccccc1Cl. The molecule has 2 rings (SSSR count). The predicted octanol–water partition coefficient (Wildman–Crippen LogP) is 4.33. The fraction of sp³-hybridized carbons (Fsp3) is 0.222. The van der Waals surface area contributed by atoms with E-state index >= 15 is 0 Å². The molecule has 0 aliphatic carbocycles. The van der Waals surface area contributed by atoms with Gasteiger partial charge in [0.2, 0.25) is 0 Å². The summed E-state index contributed by atoms with van der Waals surface area (Å²) < 4.78 is 10.6. The van der Waals surface area contributed by atoms with E-state index in [2.05, 4.69) is 5.32 Å². The summed E-state index contributed by atoms with van der Waals surface area (Å²) in [6, 6.07) is 13.4. The summed E-state index contributed by atoms with van der Waals surface area (Å²) in [6.45, 7) is 3.01. The fourth-order valence-electron chi connectivity index (χ4n) is 1.89. The molecular formula is C18H17Cl2NO4. The van der Waals surface area contributed by atoms with Gasteiger partial charge in [0.05, 0.1) is 10.7 Å². The third kappa shape index (κ3) is 5.66. The number of ether oxygens (including phenoxy) is 2. The molecule has 0 fully saturated rings. The summed E-state index contributed by atoms with van der Waals surface area (Å²) in [5.74, 6) is -0.668. The molecule has 2 aromatic carbocycles. The van der Waals surface area contributed by atoms with Crippen LogP contribution >= 0.6 is 23.2 Å².